The topological polar surface area (TPSA) is 90.7 Å². The van der Waals surface area contributed by atoms with Crippen LogP contribution in [0.15, 0.2) is 42.5 Å². The average Bonchev–Trinajstić information content (AvgIpc) is 2.68. The van der Waals surface area contributed by atoms with Crippen molar-refractivity contribution < 1.29 is 18.0 Å². The Morgan fingerprint density at radius 3 is 2.61 bits per heavy atom. The summed E-state index contributed by atoms with van der Waals surface area (Å²) in [6.07, 6.45) is 0. The van der Waals surface area contributed by atoms with Gasteiger partial charge in [0.25, 0.3) is 5.91 Å². The molecule has 2 aromatic carbocycles. The molecule has 140 valence electrons. The first-order chi connectivity index (χ1) is 13.4. The van der Waals surface area contributed by atoms with Crippen molar-refractivity contribution >= 4 is 23.2 Å². The number of carbonyl (C=O) groups is 1. The third kappa shape index (κ3) is 4.07. The molecule has 28 heavy (non-hydrogen) atoms. The van der Waals surface area contributed by atoms with Gasteiger partial charge in [-0.1, -0.05) is 6.07 Å². The Hall–Kier alpha value is -3.93. The SMILES string of the molecule is Cc1cc(C(=O)Nc2cccc(C#N)c2)nc(Nc2ccc(F)c(F)c2F)n1. The minimum absolute atomic E-state index is 0.0413. The minimum Gasteiger partial charge on any atom is -0.322 e. The smallest absolute Gasteiger partial charge is 0.274 e. The summed E-state index contributed by atoms with van der Waals surface area (Å²) in [4.78, 5) is 20.4. The summed E-state index contributed by atoms with van der Waals surface area (Å²) in [5.41, 5.74) is 0.726. The van der Waals surface area contributed by atoms with Crippen molar-refractivity contribution in [1.29, 1.82) is 5.26 Å². The molecule has 0 saturated heterocycles. The number of halogens is 3. The number of nitriles is 1. The fourth-order valence-corrected chi connectivity index (χ4v) is 2.35. The van der Waals surface area contributed by atoms with Gasteiger partial charge >= 0.3 is 0 Å². The summed E-state index contributed by atoms with van der Waals surface area (Å²) >= 11 is 0. The second kappa shape index (κ2) is 7.75. The van der Waals surface area contributed by atoms with Crippen molar-refractivity contribution in [2.75, 3.05) is 10.6 Å². The molecule has 0 aliphatic heterocycles. The largest absolute Gasteiger partial charge is 0.322 e. The molecule has 1 heterocycles. The normalized spacial score (nSPS) is 10.2. The Morgan fingerprint density at radius 1 is 1.07 bits per heavy atom. The molecule has 9 heteroatoms. The number of aryl methyl sites for hydroxylation is 1. The third-order valence-electron chi connectivity index (χ3n) is 3.62. The van der Waals surface area contributed by atoms with Crippen LogP contribution in [0.5, 0.6) is 0 Å². The highest BCUT2D eigenvalue weighted by molar-refractivity contribution is 6.03. The van der Waals surface area contributed by atoms with Gasteiger partial charge in [0.1, 0.15) is 5.69 Å². The van der Waals surface area contributed by atoms with E-state index in [0.717, 1.165) is 12.1 Å². The van der Waals surface area contributed by atoms with Crippen LogP contribution in [0.4, 0.5) is 30.5 Å². The van der Waals surface area contributed by atoms with E-state index in [0.29, 0.717) is 16.9 Å². The number of rotatable bonds is 4. The number of amides is 1. The van der Waals surface area contributed by atoms with Gasteiger partial charge in [0.05, 0.1) is 17.3 Å². The average molecular weight is 383 g/mol. The van der Waals surface area contributed by atoms with Crippen molar-refractivity contribution in [3.63, 3.8) is 0 Å². The molecular weight excluding hydrogens is 371 g/mol. The van der Waals surface area contributed by atoms with Crippen LogP contribution in [-0.4, -0.2) is 15.9 Å². The van der Waals surface area contributed by atoms with Gasteiger partial charge in [0, 0.05) is 11.4 Å². The number of benzene rings is 2. The van der Waals surface area contributed by atoms with Crippen LogP contribution in [0.3, 0.4) is 0 Å². The number of hydrogen-bond donors (Lipinski definition) is 2. The Bertz CT molecular complexity index is 1110. The predicted octanol–water partition coefficient (Wildman–Crippen LogP) is 4.07. The Kier molecular flexibility index (Phi) is 5.22. The van der Waals surface area contributed by atoms with E-state index in [2.05, 4.69) is 20.6 Å². The Balaban J connectivity index is 1.86. The number of nitrogens with zero attached hydrogens (tertiary/aromatic N) is 3. The van der Waals surface area contributed by atoms with Gasteiger partial charge < -0.3 is 10.6 Å². The molecule has 1 aromatic heterocycles. The number of hydrogen-bond acceptors (Lipinski definition) is 5. The molecule has 0 spiro atoms. The van der Waals surface area contributed by atoms with E-state index in [1.54, 1.807) is 25.1 Å². The minimum atomic E-state index is -1.63. The van der Waals surface area contributed by atoms with Crippen molar-refractivity contribution in [3.8, 4) is 6.07 Å². The molecular formula is C19H12F3N5O. The maximum atomic E-state index is 13.8. The highest BCUT2D eigenvalue weighted by Crippen LogP contribution is 2.22. The van der Waals surface area contributed by atoms with Crippen molar-refractivity contribution in [2.45, 2.75) is 6.92 Å². The fourth-order valence-electron chi connectivity index (χ4n) is 2.35. The number of anilines is 3. The second-order valence-electron chi connectivity index (χ2n) is 5.71. The molecule has 0 atom stereocenters. The molecule has 0 saturated carbocycles. The summed E-state index contributed by atoms with van der Waals surface area (Å²) in [7, 11) is 0. The van der Waals surface area contributed by atoms with Gasteiger partial charge in [0.15, 0.2) is 17.5 Å². The van der Waals surface area contributed by atoms with Gasteiger partial charge in [-0.15, -0.1) is 0 Å². The maximum absolute atomic E-state index is 13.8. The van der Waals surface area contributed by atoms with Crippen LogP contribution in [0.1, 0.15) is 21.7 Å². The first kappa shape index (κ1) is 18.8. The highest BCUT2D eigenvalue weighted by atomic mass is 19.2. The van der Waals surface area contributed by atoms with E-state index in [4.69, 9.17) is 5.26 Å². The lowest BCUT2D eigenvalue weighted by Gasteiger charge is -2.10. The van der Waals surface area contributed by atoms with Crippen LogP contribution in [0.2, 0.25) is 0 Å². The summed E-state index contributed by atoms with van der Waals surface area (Å²) in [5, 5.41) is 13.9. The van der Waals surface area contributed by atoms with Gasteiger partial charge in [-0.3, -0.25) is 4.79 Å². The van der Waals surface area contributed by atoms with Crippen LogP contribution in [0, 0.1) is 35.7 Å². The third-order valence-corrected chi connectivity index (χ3v) is 3.62. The number of carbonyl (C=O) groups excluding carboxylic acids is 1. The van der Waals surface area contributed by atoms with Crippen molar-refractivity contribution in [1.82, 2.24) is 9.97 Å². The summed E-state index contributed by atoms with van der Waals surface area (Å²) in [6.45, 7) is 1.58. The monoisotopic (exact) mass is 383 g/mol. The zero-order valence-corrected chi connectivity index (χ0v) is 14.4. The second-order valence-corrected chi connectivity index (χ2v) is 5.71. The summed E-state index contributed by atoms with van der Waals surface area (Å²) in [6, 6.07) is 11.4. The van der Waals surface area contributed by atoms with Crippen LogP contribution < -0.4 is 10.6 Å². The van der Waals surface area contributed by atoms with E-state index in [1.807, 2.05) is 6.07 Å². The van der Waals surface area contributed by atoms with E-state index < -0.39 is 23.4 Å². The molecule has 0 aliphatic carbocycles. The van der Waals surface area contributed by atoms with Crippen LogP contribution >= 0.6 is 0 Å². The van der Waals surface area contributed by atoms with Crippen LogP contribution in [-0.2, 0) is 0 Å². The van der Waals surface area contributed by atoms with Gasteiger partial charge in [-0.25, -0.2) is 23.1 Å². The van der Waals surface area contributed by atoms with E-state index in [-0.39, 0.29) is 17.3 Å². The molecule has 0 aliphatic rings. The maximum Gasteiger partial charge on any atom is 0.274 e. The summed E-state index contributed by atoms with van der Waals surface area (Å²) < 4.78 is 40.2. The molecule has 0 fully saturated rings. The number of aromatic nitrogens is 2. The molecule has 1 amide bonds. The molecule has 0 bridgehead atoms. The summed E-state index contributed by atoms with van der Waals surface area (Å²) in [5.74, 6) is -5.14. The quantitative estimate of drug-likeness (QED) is 0.663. The molecule has 3 aromatic rings. The fraction of sp³-hybridized carbons (Fsp3) is 0.0526. The van der Waals surface area contributed by atoms with E-state index in [9.17, 15) is 18.0 Å². The van der Waals surface area contributed by atoms with E-state index >= 15 is 0 Å². The molecule has 3 rings (SSSR count). The lowest BCUT2D eigenvalue weighted by Crippen LogP contribution is -2.15. The molecule has 0 radical (unpaired) electrons. The lowest BCUT2D eigenvalue weighted by molar-refractivity contribution is 0.102. The van der Waals surface area contributed by atoms with Gasteiger partial charge in [0.2, 0.25) is 5.95 Å². The zero-order chi connectivity index (χ0) is 20.3. The molecule has 0 unspecified atom stereocenters. The first-order valence-corrected chi connectivity index (χ1v) is 7.95. The highest BCUT2D eigenvalue weighted by Gasteiger charge is 2.16. The molecule has 6 nitrogen and oxygen atoms in total. The predicted molar refractivity (Wildman–Crippen MR) is 95.5 cm³/mol. The van der Waals surface area contributed by atoms with Crippen LogP contribution in [0.25, 0.3) is 0 Å². The Labute approximate surface area is 157 Å². The zero-order valence-electron chi connectivity index (χ0n) is 14.4. The standard InChI is InChI=1S/C19H12F3N5O/c1-10-7-15(18(28)25-12-4-2-3-11(8-12)9-23)27-19(24-10)26-14-6-5-13(20)16(21)17(14)22/h2-8H,1H3,(H,25,28)(H,24,26,27). The number of nitrogens with one attached hydrogen (secondary N) is 2. The first-order valence-electron chi connectivity index (χ1n) is 7.95. The molecule has 2 N–H and O–H groups in total. The lowest BCUT2D eigenvalue weighted by atomic mass is 10.2. The van der Waals surface area contributed by atoms with Gasteiger partial charge in [-0.05, 0) is 43.3 Å². The van der Waals surface area contributed by atoms with E-state index in [1.165, 1.54) is 12.1 Å². The Morgan fingerprint density at radius 2 is 1.86 bits per heavy atom. The van der Waals surface area contributed by atoms with Gasteiger partial charge in [-0.2, -0.15) is 5.26 Å². The van der Waals surface area contributed by atoms with Crippen molar-refractivity contribution in [2.24, 2.45) is 0 Å². The van der Waals surface area contributed by atoms with Crippen molar-refractivity contribution in [3.05, 3.63) is 76.9 Å².